The lowest BCUT2D eigenvalue weighted by atomic mass is 10.1. The highest BCUT2D eigenvalue weighted by Gasteiger charge is 2.02. The molecule has 0 atom stereocenters. The molecule has 1 N–H and O–H groups in total. The lowest BCUT2D eigenvalue weighted by Crippen LogP contribution is -1.72. The molecule has 3 rings (SSSR count). The van der Waals surface area contributed by atoms with E-state index in [-0.39, 0.29) is 0 Å². The highest BCUT2D eigenvalue weighted by molar-refractivity contribution is 6.07. The van der Waals surface area contributed by atoms with Gasteiger partial charge in [0.25, 0.3) is 0 Å². The molecule has 2 aromatic carbocycles. The number of nitrogens with one attached hydrogen (secondary N) is 1. The third kappa shape index (κ3) is 1.84. The van der Waals surface area contributed by atoms with Gasteiger partial charge in [0.05, 0.1) is 0 Å². The zero-order valence-corrected chi connectivity index (χ0v) is 10.4. The van der Waals surface area contributed by atoms with E-state index < -0.39 is 0 Å². The normalized spacial score (nSPS) is 12.3. The molecule has 0 saturated carbocycles. The van der Waals surface area contributed by atoms with Gasteiger partial charge < -0.3 is 4.98 Å². The number of benzene rings is 2. The molecule has 0 spiro atoms. The summed E-state index contributed by atoms with van der Waals surface area (Å²) < 4.78 is 0. The van der Waals surface area contributed by atoms with Gasteiger partial charge in [0.15, 0.2) is 0 Å². The number of aromatic nitrogens is 1. The predicted octanol–water partition coefficient (Wildman–Crippen LogP) is 4.91. The fourth-order valence-corrected chi connectivity index (χ4v) is 2.25. The molecule has 1 aromatic heterocycles. The highest BCUT2D eigenvalue weighted by Crippen LogP contribution is 2.26. The summed E-state index contributed by atoms with van der Waals surface area (Å²) in [7, 11) is 0. The summed E-state index contributed by atoms with van der Waals surface area (Å²) in [5.41, 5.74) is 3.60. The van der Waals surface area contributed by atoms with Crippen LogP contribution in [0, 0.1) is 0 Å². The van der Waals surface area contributed by atoms with Gasteiger partial charge in [0.1, 0.15) is 0 Å². The summed E-state index contributed by atoms with van der Waals surface area (Å²) in [5, 5.41) is 2.57. The van der Waals surface area contributed by atoms with Crippen LogP contribution in [0.15, 0.2) is 60.7 Å². The van der Waals surface area contributed by atoms with E-state index in [1.165, 1.54) is 27.4 Å². The van der Waals surface area contributed by atoms with Gasteiger partial charge in [0, 0.05) is 21.8 Å². The van der Waals surface area contributed by atoms with Crippen molar-refractivity contribution in [2.75, 3.05) is 0 Å². The van der Waals surface area contributed by atoms with Crippen LogP contribution in [0.1, 0.15) is 12.5 Å². The second-order valence-electron chi connectivity index (χ2n) is 4.36. The van der Waals surface area contributed by atoms with Crippen molar-refractivity contribution >= 4 is 27.9 Å². The number of hydrogen-bond donors (Lipinski definition) is 1. The average Bonchev–Trinajstić information content (AvgIpc) is 2.76. The Bertz CT molecular complexity index is 744. The van der Waals surface area contributed by atoms with Crippen molar-refractivity contribution in [3.63, 3.8) is 0 Å². The molecular formula is C17H15N. The van der Waals surface area contributed by atoms with Crippen molar-refractivity contribution in [1.82, 2.24) is 4.98 Å². The smallest absolute Gasteiger partial charge is 0.0470 e. The van der Waals surface area contributed by atoms with E-state index in [0.717, 1.165) is 0 Å². The third-order valence-electron chi connectivity index (χ3n) is 3.12. The van der Waals surface area contributed by atoms with Crippen LogP contribution in [-0.4, -0.2) is 4.98 Å². The van der Waals surface area contributed by atoms with Gasteiger partial charge in [-0.1, -0.05) is 54.6 Å². The number of allylic oxidation sites excluding steroid dienone is 3. The van der Waals surface area contributed by atoms with Crippen molar-refractivity contribution in [1.29, 1.82) is 0 Å². The largest absolute Gasteiger partial charge is 0.354 e. The first kappa shape index (κ1) is 10.8. The Labute approximate surface area is 106 Å². The van der Waals surface area contributed by atoms with Gasteiger partial charge in [-0.05, 0) is 24.6 Å². The maximum Gasteiger partial charge on any atom is 0.0470 e. The molecule has 1 nitrogen and oxygen atoms in total. The predicted molar refractivity (Wildman–Crippen MR) is 79.7 cm³/mol. The van der Waals surface area contributed by atoms with Gasteiger partial charge in [-0.3, -0.25) is 0 Å². The maximum absolute atomic E-state index is 3.46. The van der Waals surface area contributed by atoms with Crippen LogP contribution in [0.2, 0.25) is 0 Å². The van der Waals surface area contributed by atoms with Gasteiger partial charge in [0.2, 0.25) is 0 Å². The summed E-state index contributed by atoms with van der Waals surface area (Å²) in [4.78, 5) is 3.46. The van der Waals surface area contributed by atoms with Crippen LogP contribution >= 0.6 is 0 Å². The summed E-state index contributed by atoms with van der Waals surface area (Å²) in [5.74, 6) is 0. The first-order valence-electron chi connectivity index (χ1n) is 6.18. The van der Waals surface area contributed by atoms with Crippen molar-refractivity contribution in [2.24, 2.45) is 0 Å². The van der Waals surface area contributed by atoms with Crippen LogP contribution in [0.25, 0.3) is 27.9 Å². The number of aromatic amines is 1. The second kappa shape index (κ2) is 4.53. The van der Waals surface area contributed by atoms with Crippen molar-refractivity contribution < 1.29 is 0 Å². The Morgan fingerprint density at radius 2 is 1.72 bits per heavy atom. The quantitative estimate of drug-likeness (QED) is 0.605. The van der Waals surface area contributed by atoms with Gasteiger partial charge in [-0.15, -0.1) is 0 Å². The van der Waals surface area contributed by atoms with Crippen molar-refractivity contribution in [3.8, 4) is 0 Å². The Kier molecular flexibility index (Phi) is 2.73. The molecule has 0 amide bonds. The number of hydrogen-bond acceptors (Lipinski definition) is 0. The Balaban J connectivity index is 2.15. The fraction of sp³-hybridized carbons (Fsp3) is 0.0588. The van der Waals surface area contributed by atoms with E-state index in [1.54, 1.807) is 0 Å². The SMILES string of the molecule is C/C=C\C=C/c1ccc2c(c1)[nH]c1ccccc12. The van der Waals surface area contributed by atoms with E-state index in [4.69, 9.17) is 0 Å². The lowest BCUT2D eigenvalue weighted by Gasteiger charge is -1.94. The van der Waals surface area contributed by atoms with Crippen LogP contribution in [0.4, 0.5) is 0 Å². The molecule has 0 aliphatic carbocycles. The average molecular weight is 233 g/mol. The van der Waals surface area contributed by atoms with E-state index in [9.17, 15) is 0 Å². The molecule has 1 heterocycles. The highest BCUT2D eigenvalue weighted by atomic mass is 14.7. The van der Waals surface area contributed by atoms with Crippen LogP contribution in [-0.2, 0) is 0 Å². The van der Waals surface area contributed by atoms with Crippen LogP contribution in [0.5, 0.6) is 0 Å². The Morgan fingerprint density at radius 3 is 2.61 bits per heavy atom. The number of fused-ring (bicyclic) bond motifs is 3. The van der Waals surface area contributed by atoms with Gasteiger partial charge >= 0.3 is 0 Å². The van der Waals surface area contributed by atoms with Crippen molar-refractivity contribution in [2.45, 2.75) is 6.92 Å². The molecule has 0 fully saturated rings. The van der Waals surface area contributed by atoms with Crippen molar-refractivity contribution in [3.05, 3.63) is 66.3 Å². The third-order valence-corrected chi connectivity index (χ3v) is 3.12. The standard InChI is InChI=1S/C17H15N/c1-2-3-4-7-13-10-11-15-14-8-5-6-9-16(14)18-17(15)12-13/h2-12,18H,1H3/b3-2-,7-4-. The minimum absolute atomic E-state index is 1.19. The molecule has 3 aromatic rings. The van der Waals surface area contributed by atoms with E-state index in [1.807, 2.05) is 19.1 Å². The van der Waals surface area contributed by atoms with Gasteiger partial charge in [-0.2, -0.15) is 0 Å². The molecule has 0 aliphatic rings. The molecule has 0 aliphatic heterocycles. The zero-order chi connectivity index (χ0) is 12.4. The Morgan fingerprint density at radius 1 is 0.889 bits per heavy atom. The molecule has 18 heavy (non-hydrogen) atoms. The molecule has 1 heteroatoms. The zero-order valence-electron chi connectivity index (χ0n) is 10.4. The minimum atomic E-state index is 1.19. The first-order chi connectivity index (χ1) is 8.88. The molecule has 0 saturated heterocycles. The minimum Gasteiger partial charge on any atom is -0.354 e. The number of para-hydroxylation sites is 1. The summed E-state index contributed by atoms with van der Waals surface area (Å²) in [6, 6.07) is 14.9. The van der Waals surface area contributed by atoms with E-state index >= 15 is 0 Å². The van der Waals surface area contributed by atoms with E-state index in [2.05, 4.69) is 59.6 Å². The molecular weight excluding hydrogens is 218 g/mol. The molecule has 0 bridgehead atoms. The molecule has 88 valence electrons. The number of rotatable bonds is 2. The first-order valence-corrected chi connectivity index (χ1v) is 6.18. The topological polar surface area (TPSA) is 15.8 Å². The number of H-pyrrole nitrogens is 1. The molecule has 0 radical (unpaired) electrons. The summed E-state index contributed by atoms with van der Waals surface area (Å²) in [6.07, 6.45) is 8.24. The Hall–Kier alpha value is -2.28. The lowest BCUT2D eigenvalue weighted by molar-refractivity contribution is 1.54. The van der Waals surface area contributed by atoms with E-state index in [0.29, 0.717) is 0 Å². The van der Waals surface area contributed by atoms with Crippen LogP contribution < -0.4 is 0 Å². The second-order valence-corrected chi connectivity index (χ2v) is 4.36. The van der Waals surface area contributed by atoms with Gasteiger partial charge in [-0.25, -0.2) is 0 Å². The summed E-state index contributed by atoms with van der Waals surface area (Å²) in [6.45, 7) is 2.02. The maximum atomic E-state index is 3.46. The molecule has 0 unspecified atom stereocenters. The fourth-order valence-electron chi connectivity index (χ4n) is 2.25. The monoisotopic (exact) mass is 233 g/mol. The van der Waals surface area contributed by atoms with Crippen LogP contribution in [0.3, 0.4) is 0 Å². The summed E-state index contributed by atoms with van der Waals surface area (Å²) >= 11 is 0.